The maximum atomic E-state index is 4.96. The van der Waals surface area contributed by atoms with Crippen LogP contribution in [0, 0.1) is 13.8 Å². The van der Waals surface area contributed by atoms with Crippen LogP contribution in [-0.4, -0.2) is 0 Å². The van der Waals surface area contributed by atoms with E-state index in [1.807, 2.05) is 19.9 Å². The van der Waals surface area contributed by atoms with Crippen molar-refractivity contribution in [2.75, 3.05) is 0 Å². The third-order valence-electron chi connectivity index (χ3n) is 2.07. The molecule has 0 N–H and O–H groups in total. The fourth-order valence-corrected chi connectivity index (χ4v) is 1.25. The maximum Gasteiger partial charge on any atom is 0.100 e. The van der Waals surface area contributed by atoms with Crippen LogP contribution in [0.2, 0.25) is 0 Å². The van der Waals surface area contributed by atoms with Gasteiger partial charge in [0.2, 0.25) is 0 Å². The van der Waals surface area contributed by atoms with Crippen molar-refractivity contribution in [3.63, 3.8) is 0 Å². The molecule has 1 nitrogen and oxygen atoms in total. The Morgan fingerprint density at radius 2 is 1.57 bits per heavy atom. The van der Waals surface area contributed by atoms with Gasteiger partial charge in [-0.25, -0.2) is 0 Å². The smallest absolute Gasteiger partial charge is 0.100 e. The molecule has 0 spiro atoms. The Morgan fingerprint density at radius 3 is 1.79 bits per heavy atom. The van der Waals surface area contributed by atoms with Gasteiger partial charge in [0.25, 0.3) is 0 Å². The first kappa shape index (κ1) is 13.3. The van der Waals surface area contributed by atoms with Crippen molar-refractivity contribution in [3.8, 4) is 0 Å². The fourth-order valence-electron chi connectivity index (χ4n) is 1.25. The molecule has 0 amide bonds. The molecular weight excluding hydrogens is 172 g/mol. The van der Waals surface area contributed by atoms with E-state index in [0.29, 0.717) is 0 Å². The molecule has 0 atom stereocenters. The summed E-state index contributed by atoms with van der Waals surface area (Å²) < 4.78 is 4.96. The summed E-state index contributed by atoms with van der Waals surface area (Å²) in [5, 5.41) is 0. The lowest BCUT2D eigenvalue weighted by Crippen LogP contribution is -1.70. The van der Waals surface area contributed by atoms with Gasteiger partial charge in [-0.2, -0.15) is 0 Å². The lowest BCUT2D eigenvalue weighted by molar-refractivity contribution is 0.533. The predicted molar refractivity (Wildman–Crippen MR) is 62.6 cm³/mol. The molecule has 14 heavy (non-hydrogen) atoms. The quantitative estimate of drug-likeness (QED) is 0.626. The molecule has 0 bridgehead atoms. The Morgan fingerprint density at radius 1 is 1.00 bits per heavy atom. The van der Waals surface area contributed by atoms with E-state index in [0.717, 1.165) is 5.76 Å². The van der Waals surface area contributed by atoms with Crippen LogP contribution in [0.5, 0.6) is 0 Å². The zero-order chi connectivity index (χ0) is 10.8. The molecule has 0 aliphatic carbocycles. The van der Waals surface area contributed by atoms with Crippen LogP contribution < -0.4 is 0 Å². The van der Waals surface area contributed by atoms with E-state index in [2.05, 4.69) is 13.8 Å². The summed E-state index contributed by atoms with van der Waals surface area (Å²) in [4.78, 5) is 0. The zero-order valence-electron chi connectivity index (χ0n) is 10.1. The second kappa shape index (κ2) is 8.86. The first-order valence-corrected chi connectivity index (χ1v) is 5.72. The molecule has 1 aromatic heterocycles. The minimum Gasteiger partial charge on any atom is -0.469 e. The van der Waals surface area contributed by atoms with Crippen molar-refractivity contribution < 1.29 is 4.42 Å². The van der Waals surface area contributed by atoms with Crippen LogP contribution in [-0.2, 0) is 0 Å². The SMILES string of the molecule is CCCCCCC.Cc1coc(C)c1. The normalized spacial score (nSPS) is 9.43. The highest BCUT2D eigenvalue weighted by molar-refractivity contribution is 5.08. The maximum absolute atomic E-state index is 4.96. The molecule has 0 fully saturated rings. The molecule has 0 radical (unpaired) electrons. The van der Waals surface area contributed by atoms with Gasteiger partial charge in [0.1, 0.15) is 5.76 Å². The van der Waals surface area contributed by atoms with Crippen molar-refractivity contribution in [3.05, 3.63) is 23.7 Å². The molecule has 1 aromatic rings. The van der Waals surface area contributed by atoms with Gasteiger partial charge in [0, 0.05) is 0 Å². The van der Waals surface area contributed by atoms with Crippen molar-refractivity contribution in [2.45, 2.75) is 59.8 Å². The number of aryl methyl sites for hydroxylation is 2. The van der Waals surface area contributed by atoms with Crippen LogP contribution in [0.4, 0.5) is 0 Å². The third kappa shape index (κ3) is 7.90. The van der Waals surface area contributed by atoms with E-state index < -0.39 is 0 Å². The standard InChI is InChI=1S/C7H16.C6H8O/c1-3-5-7-6-4-2;1-5-3-6(2)7-4-5/h3-7H2,1-2H3;3-4H,1-2H3. The fraction of sp³-hybridized carbons (Fsp3) is 0.692. The van der Waals surface area contributed by atoms with Gasteiger partial charge < -0.3 is 4.42 Å². The van der Waals surface area contributed by atoms with E-state index >= 15 is 0 Å². The van der Waals surface area contributed by atoms with Gasteiger partial charge in [0.05, 0.1) is 6.26 Å². The highest BCUT2D eigenvalue weighted by atomic mass is 16.3. The Bertz CT molecular complexity index is 192. The van der Waals surface area contributed by atoms with Crippen LogP contribution in [0.1, 0.15) is 57.3 Å². The largest absolute Gasteiger partial charge is 0.469 e. The number of furan rings is 1. The van der Waals surface area contributed by atoms with Crippen LogP contribution in [0.25, 0.3) is 0 Å². The summed E-state index contributed by atoms with van der Waals surface area (Å²) in [6.45, 7) is 8.44. The van der Waals surface area contributed by atoms with E-state index in [-0.39, 0.29) is 0 Å². The predicted octanol–water partition coefficient (Wildman–Crippen LogP) is 4.87. The number of unbranched alkanes of at least 4 members (excludes halogenated alkanes) is 4. The summed E-state index contributed by atoms with van der Waals surface area (Å²) in [5.41, 5.74) is 1.19. The van der Waals surface area contributed by atoms with Crippen molar-refractivity contribution in [2.24, 2.45) is 0 Å². The molecule has 0 saturated carbocycles. The summed E-state index contributed by atoms with van der Waals surface area (Å²) in [5.74, 6) is 0.984. The first-order valence-electron chi connectivity index (χ1n) is 5.72. The van der Waals surface area contributed by atoms with Gasteiger partial charge >= 0.3 is 0 Å². The Kier molecular flexibility index (Phi) is 8.40. The van der Waals surface area contributed by atoms with Gasteiger partial charge in [-0.15, -0.1) is 0 Å². The molecule has 1 rings (SSSR count). The van der Waals surface area contributed by atoms with Crippen molar-refractivity contribution in [1.29, 1.82) is 0 Å². The second-order valence-corrected chi connectivity index (χ2v) is 3.80. The number of hydrogen-bond donors (Lipinski definition) is 0. The third-order valence-corrected chi connectivity index (χ3v) is 2.07. The molecule has 0 unspecified atom stereocenters. The summed E-state index contributed by atoms with van der Waals surface area (Å²) >= 11 is 0. The van der Waals surface area contributed by atoms with Gasteiger partial charge in [-0.1, -0.05) is 46.0 Å². The minimum atomic E-state index is 0.984. The van der Waals surface area contributed by atoms with Crippen molar-refractivity contribution >= 4 is 0 Å². The molecular formula is C13H24O. The molecule has 0 aromatic carbocycles. The minimum absolute atomic E-state index is 0.984. The van der Waals surface area contributed by atoms with Crippen LogP contribution in [0.3, 0.4) is 0 Å². The van der Waals surface area contributed by atoms with Crippen LogP contribution in [0.15, 0.2) is 16.7 Å². The average molecular weight is 196 g/mol. The molecule has 0 aliphatic heterocycles. The van der Waals surface area contributed by atoms with Gasteiger partial charge in [-0.05, 0) is 25.5 Å². The summed E-state index contributed by atoms with van der Waals surface area (Å²) in [6.07, 6.45) is 8.75. The van der Waals surface area contributed by atoms with E-state index in [1.54, 1.807) is 6.26 Å². The average Bonchev–Trinajstić information content (AvgIpc) is 2.52. The molecule has 0 aliphatic rings. The first-order chi connectivity index (χ1) is 6.70. The monoisotopic (exact) mass is 196 g/mol. The lowest BCUT2D eigenvalue weighted by Gasteiger charge is -1.90. The molecule has 0 saturated heterocycles. The topological polar surface area (TPSA) is 13.1 Å². The Labute approximate surface area is 88.5 Å². The second-order valence-electron chi connectivity index (χ2n) is 3.80. The summed E-state index contributed by atoms with van der Waals surface area (Å²) in [7, 11) is 0. The Balaban J connectivity index is 0.000000241. The highest BCUT2D eigenvalue weighted by Gasteiger charge is 1.85. The van der Waals surface area contributed by atoms with E-state index in [1.165, 1.54) is 37.7 Å². The Hall–Kier alpha value is -0.720. The highest BCUT2D eigenvalue weighted by Crippen LogP contribution is 2.02. The number of rotatable bonds is 4. The molecule has 82 valence electrons. The van der Waals surface area contributed by atoms with Crippen molar-refractivity contribution in [1.82, 2.24) is 0 Å². The van der Waals surface area contributed by atoms with Gasteiger partial charge in [-0.3, -0.25) is 0 Å². The number of hydrogen-bond acceptors (Lipinski definition) is 1. The van der Waals surface area contributed by atoms with Crippen LogP contribution >= 0.6 is 0 Å². The molecule has 1 heterocycles. The molecule has 1 heteroatoms. The van der Waals surface area contributed by atoms with Gasteiger partial charge in [0.15, 0.2) is 0 Å². The summed E-state index contributed by atoms with van der Waals surface area (Å²) in [6, 6.07) is 2.00. The zero-order valence-corrected chi connectivity index (χ0v) is 10.1. The van der Waals surface area contributed by atoms with E-state index in [9.17, 15) is 0 Å². The van der Waals surface area contributed by atoms with E-state index in [4.69, 9.17) is 4.42 Å². The lowest BCUT2D eigenvalue weighted by atomic mass is 10.2.